The molecule has 3 nitrogen and oxygen atoms in total. The number of nitrogens with zero attached hydrogens (tertiary/aromatic N) is 2. The Balaban J connectivity index is 2.08. The number of rotatable bonds is 3. The number of alkyl halides is 3. The Bertz CT molecular complexity index is 523. The zero-order chi connectivity index (χ0) is 13.9. The average Bonchev–Trinajstić information content (AvgIpc) is 2.39. The van der Waals surface area contributed by atoms with E-state index in [-0.39, 0.29) is 6.04 Å². The molecule has 1 atom stereocenters. The molecule has 0 aromatic carbocycles. The van der Waals surface area contributed by atoms with E-state index in [0.29, 0.717) is 5.69 Å². The molecule has 1 N–H and O–H groups in total. The van der Waals surface area contributed by atoms with Gasteiger partial charge in [0.2, 0.25) is 0 Å². The van der Waals surface area contributed by atoms with Gasteiger partial charge in [-0.1, -0.05) is 6.07 Å². The van der Waals surface area contributed by atoms with Crippen LogP contribution < -0.4 is 5.32 Å². The topological polar surface area (TPSA) is 37.8 Å². The molecule has 19 heavy (non-hydrogen) atoms. The molecule has 2 aromatic rings. The predicted octanol–water partition coefficient (Wildman–Crippen LogP) is 3.67. The fourth-order valence-corrected chi connectivity index (χ4v) is 1.61. The number of anilines is 1. The van der Waals surface area contributed by atoms with Crippen LogP contribution in [0.25, 0.3) is 0 Å². The second kappa shape index (κ2) is 5.26. The van der Waals surface area contributed by atoms with Crippen LogP contribution in [0.4, 0.5) is 18.9 Å². The predicted molar refractivity (Wildman–Crippen MR) is 65.5 cm³/mol. The summed E-state index contributed by atoms with van der Waals surface area (Å²) >= 11 is 0. The lowest BCUT2D eigenvalue weighted by atomic mass is 10.1. The van der Waals surface area contributed by atoms with E-state index in [1.165, 1.54) is 12.3 Å². The van der Waals surface area contributed by atoms with Gasteiger partial charge in [-0.2, -0.15) is 13.2 Å². The summed E-state index contributed by atoms with van der Waals surface area (Å²) in [5.74, 6) is 0. The standard InChI is InChI=1S/C13H12F3N3/c1-9(10-3-2-6-17-7-10)19-11-4-5-12(18-8-11)13(14,15)16/h2-9,19H,1H3. The summed E-state index contributed by atoms with van der Waals surface area (Å²) < 4.78 is 37.1. The highest BCUT2D eigenvalue weighted by Crippen LogP contribution is 2.28. The first-order valence-corrected chi connectivity index (χ1v) is 5.66. The molecular weight excluding hydrogens is 255 g/mol. The van der Waals surface area contributed by atoms with Gasteiger partial charge in [0, 0.05) is 12.4 Å². The third kappa shape index (κ3) is 3.43. The van der Waals surface area contributed by atoms with E-state index in [0.717, 1.165) is 11.6 Å². The monoisotopic (exact) mass is 267 g/mol. The summed E-state index contributed by atoms with van der Waals surface area (Å²) in [6.45, 7) is 1.90. The van der Waals surface area contributed by atoms with Crippen molar-refractivity contribution in [2.24, 2.45) is 0 Å². The van der Waals surface area contributed by atoms with Crippen LogP contribution in [-0.2, 0) is 6.18 Å². The number of halogens is 3. The molecule has 2 aromatic heterocycles. The van der Waals surface area contributed by atoms with E-state index in [4.69, 9.17) is 0 Å². The summed E-state index contributed by atoms with van der Waals surface area (Å²) in [4.78, 5) is 7.38. The lowest BCUT2D eigenvalue weighted by Crippen LogP contribution is -2.10. The molecule has 0 spiro atoms. The van der Waals surface area contributed by atoms with Crippen molar-refractivity contribution in [2.75, 3.05) is 5.32 Å². The summed E-state index contributed by atoms with van der Waals surface area (Å²) in [5.41, 5.74) is 0.582. The molecule has 0 saturated carbocycles. The van der Waals surface area contributed by atoms with E-state index in [2.05, 4.69) is 15.3 Å². The molecule has 0 saturated heterocycles. The van der Waals surface area contributed by atoms with E-state index in [1.54, 1.807) is 18.5 Å². The van der Waals surface area contributed by atoms with Crippen molar-refractivity contribution in [3.8, 4) is 0 Å². The third-order valence-electron chi connectivity index (χ3n) is 2.62. The molecular formula is C13H12F3N3. The van der Waals surface area contributed by atoms with Crippen LogP contribution in [-0.4, -0.2) is 9.97 Å². The zero-order valence-corrected chi connectivity index (χ0v) is 10.1. The Kier molecular flexibility index (Phi) is 3.69. The van der Waals surface area contributed by atoms with E-state index < -0.39 is 11.9 Å². The molecule has 6 heteroatoms. The number of aromatic nitrogens is 2. The number of pyridine rings is 2. The zero-order valence-electron chi connectivity index (χ0n) is 10.1. The Hall–Kier alpha value is -2.11. The number of hydrogen-bond acceptors (Lipinski definition) is 3. The quantitative estimate of drug-likeness (QED) is 0.922. The van der Waals surface area contributed by atoms with Crippen molar-refractivity contribution in [3.05, 3.63) is 54.1 Å². The molecule has 0 aliphatic carbocycles. The Labute approximate surface area is 108 Å². The molecule has 0 amide bonds. The highest BCUT2D eigenvalue weighted by Gasteiger charge is 2.32. The molecule has 2 heterocycles. The first-order valence-electron chi connectivity index (χ1n) is 5.66. The molecule has 0 aliphatic heterocycles. The lowest BCUT2D eigenvalue weighted by molar-refractivity contribution is -0.141. The van der Waals surface area contributed by atoms with Crippen molar-refractivity contribution in [3.63, 3.8) is 0 Å². The van der Waals surface area contributed by atoms with E-state index in [9.17, 15) is 13.2 Å². The van der Waals surface area contributed by atoms with Gasteiger partial charge in [0.1, 0.15) is 5.69 Å². The van der Waals surface area contributed by atoms with Crippen molar-refractivity contribution >= 4 is 5.69 Å². The van der Waals surface area contributed by atoms with Gasteiger partial charge in [-0.15, -0.1) is 0 Å². The molecule has 0 aliphatic rings. The second-order valence-corrected chi connectivity index (χ2v) is 4.08. The van der Waals surface area contributed by atoms with Gasteiger partial charge < -0.3 is 5.32 Å². The van der Waals surface area contributed by atoms with Crippen LogP contribution in [0.2, 0.25) is 0 Å². The number of hydrogen-bond donors (Lipinski definition) is 1. The fraction of sp³-hybridized carbons (Fsp3) is 0.231. The van der Waals surface area contributed by atoms with Crippen LogP contribution in [0.3, 0.4) is 0 Å². The van der Waals surface area contributed by atoms with Crippen molar-refractivity contribution in [2.45, 2.75) is 19.1 Å². The van der Waals surface area contributed by atoms with Gasteiger partial charge in [0.15, 0.2) is 0 Å². The first-order chi connectivity index (χ1) is 8.97. The maximum Gasteiger partial charge on any atom is 0.433 e. The maximum absolute atomic E-state index is 12.4. The molecule has 0 fully saturated rings. The van der Waals surface area contributed by atoms with Crippen molar-refractivity contribution in [1.82, 2.24) is 9.97 Å². The molecule has 2 rings (SSSR count). The van der Waals surface area contributed by atoms with Crippen molar-refractivity contribution < 1.29 is 13.2 Å². The fourth-order valence-electron chi connectivity index (χ4n) is 1.61. The molecule has 0 radical (unpaired) electrons. The smallest absolute Gasteiger partial charge is 0.377 e. The highest BCUT2D eigenvalue weighted by molar-refractivity contribution is 5.43. The van der Waals surface area contributed by atoms with Gasteiger partial charge >= 0.3 is 6.18 Å². The number of nitrogens with one attached hydrogen (secondary N) is 1. The van der Waals surface area contributed by atoms with Crippen molar-refractivity contribution in [1.29, 1.82) is 0 Å². The average molecular weight is 267 g/mol. The van der Waals surface area contributed by atoms with Crippen LogP contribution in [0.1, 0.15) is 24.2 Å². The summed E-state index contributed by atoms with van der Waals surface area (Å²) in [7, 11) is 0. The Morgan fingerprint density at radius 1 is 1.16 bits per heavy atom. The minimum Gasteiger partial charge on any atom is -0.377 e. The normalized spacial score (nSPS) is 13.1. The van der Waals surface area contributed by atoms with Gasteiger partial charge in [-0.05, 0) is 30.7 Å². The minimum absolute atomic E-state index is 0.0627. The Morgan fingerprint density at radius 2 is 1.95 bits per heavy atom. The molecule has 0 bridgehead atoms. The first kappa shape index (κ1) is 13.3. The van der Waals surface area contributed by atoms with Crippen LogP contribution in [0, 0.1) is 0 Å². The summed E-state index contributed by atoms with van der Waals surface area (Å²) in [6.07, 6.45) is 0.133. The largest absolute Gasteiger partial charge is 0.433 e. The van der Waals surface area contributed by atoms with Gasteiger partial charge in [0.05, 0.1) is 17.9 Å². The Morgan fingerprint density at radius 3 is 2.47 bits per heavy atom. The molecule has 100 valence electrons. The lowest BCUT2D eigenvalue weighted by Gasteiger charge is -2.15. The van der Waals surface area contributed by atoms with Gasteiger partial charge in [-0.25, -0.2) is 4.98 Å². The van der Waals surface area contributed by atoms with Crippen LogP contribution in [0.15, 0.2) is 42.9 Å². The second-order valence-electron chi connectivity index (χ2n) is 4.08. The molecule has 1 unspecified atom stereocenters. The van der Waals surface area contributed by atoms with E-state index >= 15 is 0 Å². The van der Waals surface area contributed by atoms with E-state index in [1.807, 2.05) is 13.0 Å². The summed E-state index contributed by atoms with van der Waals surface area (Å²) in [6, 6.07) is 5.95. The van der Waals surface area contributed by atoms with Crippen LogP contribution in [0.5, 0.6) is 0 Å². The summed E-state index contributed by atoms with van der Waals surface area (Å²) in [5, 5.41) is 3.07. The SMILES string of the molecule is CC(Nc1ccc(C(F)(F)F)nc1)c1cccnc1. The van der Waals surface area contributed by atoms with Gasteiger partial charge in [-0.3, -0.25) is 4.98 Å². The third-order valence-corrected chi connectivity index (χ3v) is 2.62. The highest BCUT2D eigenvalue weighted by atomic mass is 19.4. The minimum atomic E-state index is -4.41. The maximum atomic E-state index is 12.4. The van der Waals surface area contributed by atoms with Gasteiger partial charge in [0.25, 0.3) is 0 Å². The van der Waals surface area contributed by atoms with Crippen LogP contribution >= 0.6 is 0 Å².